The van der Waals surface area contributed by atoms with Crippen LogP contribution < -0.4 is 29.6 Å². The minimum atomic E-state index is -0.889. The number of hydrogen-bond donors (Lipinski definition) is 0. The summed E-state index contributed by atoms with van der Waals surface area (Å²) in [4.78, 5) is 8.98. The van der Waals surface area contributed by atoms with Crippen LogP contribution in [0.4, 0.5) is 4.79 Å². The van der Waals surface area contributed by atoms with E-state index in [9.17, 15) is 0 Å². The van der Waals surface area contributed by atoms with E-state index in [-0.39, 0.29) is 35.0 Å². The second-order valence-electron chi connectivity index (χ2n) is 0.226. The van der Waals surface area contributed by atoms with E-state index >= 15 is 0 Å². The largest absolute Gasteiger partial charge is 1.00 e. The van der Waals surface area contributed by atoms with Crippen molar-refractivity contribution in [2.45, 2.75) is 0 Å². The fourth-order valence-corrected chi connectivity index (χ4v) is 0. The van der Waals surface area contributed by atoms with Gasteiger partial charge in [-0.1, -0.05) is 0 Å². The minimum absolute atomic E-state index is 0. The van der Waals surface area contributed by atoms with E-state index in [1.807, 2.05) is 0 Å². The summed E-state index contributed by atoms with van der Waals surface area (Å²) < 4.78 is -0.889. The molecular weight excluding hydrogens is 138 g/mol. The molecule has 0 aliphatic rings. The number of halogens is 2. The summed E-state index contributed by atoms with van der Waals surface area (Å²) >= 11 is 8.80. The molecule has 32 valence electrons. The SMILES string of the molecule is O=C(Cl)Cl.[Na+].[OH-]. The summed E-state index contributed by atoms with van der Waals surface area (Å²) in [5.74, 6) is 0. The van der Waals surface area contributed by atoms with Gasteiger partial charge in [-0.2, -0.15) is 0 Å². The van der Waals surface area contributed by atoms with Crippen LogP contribution in [0.15, 0.2) is 0 Å². The van der Waals surface area contributed by atoms with Gasteiger partial charge in [-0.05, 0) is 23.2 Å². The summed E-state index contributed by atoms with van der Waals surface area (Å²) in [5.41, 5.74) is 0. The predicted octanol–water partition coefficient (Wildman–Crippen LogP) is -1.59. The van der Waals surface area contributed by atoms with Crippen LogP contribution in [0.2, 0.25) is 0 Å². The Labute approximate surface area is 67.4 Å². The van der Waals surface area contributed by atoms with Crippen molar-refractivity contribution in [1.82, 2.24) is 0 Å². The van der Waals surface area contributed by atoms with Gasteiger partial charge in [0.1, 0.15) is 0 Å². The number of carbonyl (C=O) groups is 1. The van der Waals surface area contributed by atoms with Crippen molar-refractivity contribution in [3.63, 3.8) is 0 Å². The molecule has 0 aromatic rings. The van der Waals surface area contributed by atoms with Crippen molar-refractivity contribution >= 4 is 27.9 Å². The number of rotatable bonds is 0. The van der Waals surface area contributed by atoms with E-state index < -0.39 is 4.70 Å². The van der Waals surface area contributed by atoms with Crippen molar-refractivity contribution in [3.05, 3.63) is 0 Å². The van der Waals surface area contributed by atoms with E-state index in [1.165, 1.54) is 0 Å². The third kappa shape index (κ3) is 63.1. The van der Waals surface area contributed by atoms with Gasteiger partial charge in [0.2, 0.25) is 0 Å². The molecule has 6 heavy (non-hydrogen) atoms. The zero-order valence-corrected chi connectivity index (χ0v) is 6.62. The summed E-state index contributed by atoms with van der Waals surface area (Å²) in [6.07, 6.45) is 0. The van der Waals surface area contributed by atoms with Crippen LogP contribution in [0.1, 0.15) is 0 Å². The monoisotopic (exact) mass is 138 g/mol. The van der Waals surface area contributed by atoms with Crippen LogP contribution in [-0.4, -0.2) is 10.2 Å². The Kier molecular flexibility index (Phi) is 24.9. The second-order valence-corrected chi connectivity index (χ2v) is 1.11. The first-order valence-electron chi connectivity index (χ1n) is 0.582. The van der Waals surface area contributed by atoms with Crippen molar-refractivity contribution in [3.8, 4) is 0 Å². The third-order valence-electron chi connectivity index (χ3n) is 0. The molecular formula is CHCl2NaO2. The van der Waals surface area contributed by atoms with Gasteiger partial charge >= 0.3 is 34.3 Å². The minimum Gasteiger partial charge on any atom is -0.870 e. The molecule has 0 amide bonds. The zero-order valence-electron chi connectivity index (χ0n) is 3.11. The standard InChI is InChI=1S/CCl2O.Na.H2O/c2-1(3)4;;/h;;1H2/q;+1;/p-1. The molecule has 0 heterocycles. The van der Waals surface area contributed by atoms with E-state index in [2.05, 4.69) is 23.2 Å². The smallest absolute Gasteiger partial charge is 0.870 e. The van der Waals surface area contributed by atoms with Gasteiger partial charge in [0.25, 0.3) is 0 Å². The quantitative estimate of drug-likeness (QED) is 0.300. The van der Waals surface area contributed by atoms with Crippen molar-refractivity contribution in [2.75, 3.05) is 0 Å². The molecule has 0 radical (unpaired) electrons. The Morgan fingerprint density at radius 1 is 1.33 bits per heavy atom. The normalized spacial score (nSPS) is 4.33. The molecule has 0 aliphatic carbocycles. The Hall–Kier alpha value is 1.21. The topological polar surface area (TPSA) is 47.1 Å². The fraction of sp³-hybridized carbons (Fsp3) is 0. The molecule has 0 aromatic heterocycles. The summed E-state index contributed by atoms with van der Waals surface area (Å²) in [6, 6.07) is 0. The van der Waals surface area contributed by atoms with Gasteiger partial charge in [0.05, 0.1) is 0 Å². The number of carbonyl (C=O) groups excluding carboxylic acids is 1. The molecule has 0 fully saturated rings. The van der Waals surface area contributed by atoms with Gasteiger partial charge in [-0.3, -0.25) is 4.79 Å². The Morgan fingerprint density at radius 2 is 1.33 bits per heavy atom. The maximum absolute atomic E-state index is 8.98. The first kappa shape index (κ1) is 15.7. The maximum atomic E-state index is 8.98. The molecule has 0 unspecified atom stereocenters. The third-order valence-corrected chi connectivity index (χ3v) is 0. The first-order valence-corrected chi connectivity index (χ1v) is 1.34. The Balaban J connectivity index is -0.0000000450. The molecule has 0 aliphatic heterocycles. The summed E-state index contributed by atoms with van der Waals surface area (Å²) in [7, 11) is 0. The second kappa shape index (κ2) is 9.51. The van der Waals surface area contributed by atoms with Gasteiger partial charge in [-0.15, -0.1) is 0 Å². The van der Waals surface area contributed by atoms with Crippen LogP contribution in [0, 0.1) is 0 Å². The molecule has 0 aromatic carbocycles. The Bertz CT molecular complexity index is 34.5. The summed E-state index contributed by atoms with van der Waals surface area (Å²) in [6.45, 7) is 0. The van der Waals surface area contributed by atoms with Crippen molar-refractivity contribution in [1.29, 1.82) is 0 Å². The zero-order chi connectivity index (χ0) is 3.58. The van der Waals surface area contributed by atoms with Crippen molar-refractivity contribution < 1.29 is 39.8 Å². The molecule has 0 rings (SSSR count). The Morgan fingerprint density at radius 3 is 1.33 bits per heavy atom. The predicted molar refractivity (Wildman–Crippen MR) is 19.0 cm³/mol. The summed E-state index contributed by atoms with van der Waals surface area (Å²) in [5, 5.41) is 0. The van der Waals surface area contributed by atoms with Gasteiger partial charge in [-0.25, -0.2) is 0 Å². The molecule has 0 atom stereocenters. The molecule has 0 spiro atoms. The van der Waals surface area contributed by atoms with Crippen LogP contribution >= 0.6 is 23.2 Å². The van der Waals surface area contributed by atoms with Crippen LogP contribution in [0.5, 0.6) is 0 Å². The number of hydrogen-bond acceptors (Lipinski definition) is 2. The van der Waals surface area contributed by atoms with E-state index in [1.54, 1.807) is 0 Å². The van der Waals surface area contributed by atoms with Gasteiger partial charge in [0, 0.05) is 0 Å². The molecule has 5 heteroatoms. The average Bonchev–Trinajstić information content (AvgIpc) is 0.811. The van der Waals surface area contributed by atoms with Gasteiger partial charge in [0.15, 0.2) is 0 Å². The molecule has 0 saturated heterocycles. The molecule has 0 saturated carbocycles. The average molecular weight is 139 g/mol. The van der Waals surface area contributed by atoms with Crippen LogP contribution in [0.3, 0.4) is 0 Å². The molecule has 1 N–H and O–H groups in total. The van der Waals surface area contributed by atoms with Crippen LogP contribution in [0.25, 0.3) is 0 Å². The molecule has 0 bridgehead atoms. The van der Waals surface area contributed by atoms with Crippen LogP contribution in [-0.2, 0) is 0 Å². The fourth-order valence-electron chi connectivity index (χ4n) is 0. The molecule has 2 nitrogen and oxygen atoms in total. The van der Waals surface area contributed by atoms with E-state index in [0.29, 0.717) is 0 Å². The maximum Gasteiger partial charge on any atom is 1.00 e. The van der Waals surface area contributed by atoms with Gasteiger partial charge < -0.3 is 5.48 Å². The van der Waals surface area contributed by atoms with Crippen molar-refractivity contribution in [2.24, 2.45) is 0 Å². The van der Waals surface area contributed by atoms with E-state index in [4.69, 9.17) is 4.79 Å². The van der Waals surface area contributed by atoms with E-state index in [0.717, 1.165) is 0 Å². The first-order chi connectivity index (χ1) is 1.73.